The van der Waals surface area contributed by atoms with E-state index in [0.29, 0.717) is 11.3 Å². The summed E-state index contributed by atoms with van der Waals surface area (Å²) in [6.07, 6.45) is 0. The number of halogens is 1. The van der Waals surface area contributed by atoms with Crippen molar-refractivity contribution in [2.75, 3.05) is 19.3 Å². The Hall–Kier alpha value is -1.56. The van der Waals surface area contributed by atoms with Gasteiger partial charge in [-0.15, -0.1) is 0 Å². The average Bonchev–Trinajstić information content (AvgIpc) is 2.30. The van der Waals surface area contributed by atoms with Crippen molar-refractivity contribution in [3.63, 3.8) is 0 Å². The zero-order valence-corrected chi connectivity index (χ0v) is 12.8. The summed E-state index contributed by atoms with van der Waals surface area (Å²) in [5.74, 6) is -0.422. The summed E-state index contributed by atoms with van der Waals surface area (Å²) in [6, 6.07) is 5.02. The molecule has 104 valence electrons. The van der Waals surface area contributed by atoms with Crippen molar-refractivity contribution in [1.29, 1.82) is 0 Å². The van der Waals surface area contributed by atoms with Crippen molar-refractivity contribution < 1.29 is 9.59 Å². The van der Waals surface area contributed by atoms with Crippen LogP contribution >= 0.6 is 15.9 Å². The highest BCUT2D eigenvalue weighted by atomic mass is 79.9. The predicted molar refractivity (Wildman–Crippen MR) is 78.8 cm³/mol. The summed E-state index contributed by atoms with van der Waals surface area (Å²) in [6.45, 7) is 3.76. The average molecular weight is 328 g/mol. The van der Waals surface area contributed by atoms with E-state index in [1.54, 1.807) is 25.2 Å². The Bertz CT molecular complexity index is 489. The van der Waals surface area contributed by atoms with Crippen molar-refractivity contribution in [1.82, 2.24) is 10.2 Å². The summed E-state index contributed by atoms with van der Waals surface area (Å²) in [4.78, 5) is 25.0. The lowest BCUT2D eigenvalue weighted by atomic mass is 10.2. The zero-order valence-electron chi connectivity index (χ0n) is 11.2. The molecule has 0 aliphatic heterocycles. The molecule has 1 rings (SSSR count). The van der Waals surface area contributed by atoms with Crippen LogP contribution in [0.2, 0.25) is 0 Å². The van der Waals surface area contributed by atoms with E-state index >= 15 is 0 Å². The van der Waals surface area contributed by atoms with Gasteiger partial charge in [-0.3, -0.25) is 9.59 Å². The smallest absolute Gasteiger partial charge is 0.254 e. The van der Waals surface area contributed by atoms with Gasteiger partial charge in [0.05, 0.1) is 6.54 Å². The molecule has 0 spiro atoms. The number of nitrogen functional groups attached to an aromatic ring is 1. The number of nitrogens with two attached hydrogens (primary N) is 1. The van der Waals surface area contributed by atoms with Gasteiger partial charge in [-0.05, 0) is 48.0 Å². The zero-order chi connectivity index (χ0) is 14.6. The lowest BCUT2D eigenvalue weighted by Gasteiger charge is -2.18. The van der Waals surface area contributed by atoms with Crippen LogP contribution in [0.4, 0.5) is 5.69 Å². The second-order valence-corrected chi connectivity index (χ2v) is 5.47. The van der Waals surface area contributed by atoms with E-state index in [1.165, 1.54) is 4.90 Å². The molecule has 0 saturated heterocycles. The van der Waals surface area contributed by atoms with E-state index in [-0.39, 0.29) is 24.4 Å². The number of anilines is 1. The molecule has 5 nitrogen and oxygen atoms in total. The maximum Gasteiger partial charge on any atom is 0.254 e. The van der Waals surface area contributed by atoms with Crippen LogP contribution in [0.15, 0.2) is 22.7 Å². The molecule has 0 atom stereocenters. The minimum Gasteiger partial charge on any atom is -0.398 e. The van der Waals surface area contributed by atoms with E-state index in [1.807, 2.05) is 13.8 Å². The van der Waals surface area contributed by atoms with Crippen LogP contribution in [0.3, 0.4) is 0 Å². The molecule has 0 aromatic heterocycles. The van der Waals surface area contributed by atoms with Gasteiger partial charge >= 0.3 is 0 Å². The minimum absolute atomic E-state index is 0.0208. The molecule has 1 aromatic rings. The standard InChI is InChI=1S/C13H18BrN3O2/c1-8(2)16-12(18)7-17(3)13(19)9-4-5-10(14)11(15)6-9/h4-6,8H,7,15H2,1-3H3,(H,16,18). The van der Waals surface area contributed by atoms with Crippen LogP contribution < -0.4 is 11.1 Å². The number of rotatable bonds is 4. The fourth-order valence-electron chi connectivity index (χ4n) is 1.55. The summed E-state index contributed by atoms with van der Waals surface area (Å²) in [7, 11) is 1.58. The third-order valence-corrected chi connectivity index (χ3v) is 3.14. The van der Waals surface area contributed by atoms with Gasteiger partial charge in [-0.25, -0.2) is 0 Å². The number of nitrogens with zero attached hydrogens (tertiary/aromatic N) is 1. The van der Waals surface area contributed by atoms with E-state index in [4.69, 9.17) is 5.73 Å². The number of likely N-dealkylation sites (N-methyl/N-ethyl adjacent to an activating group) is 1. The first-order valence-corrected chi connectivity index (χ1v) is 6.70. The third-order valence-electron chi connectivity index (χ3n) is 2.42. The number of carbonyl (C=O) groups excluding carboxylic acids is 2. The summed E-state index contributed by atoms with van der Waals surface area (Å²) < 4.78 is 0.740. The first-order chi connectivity index (χ1) is 8.81. The lowest BCUT2D eigenvalue weighted by molar-refractivity contribution is -0.122. The fourth-order valence-corrected chi connectivity index (χ4v) is 1.80. The van der Waals surface area contributed by atoms with Crippen LogP contribution in [0, 0.1) is 0 Å². The minimum atomic E-state index is -0.238. The van der Waals surface area contributed by atoms with E-state index in [2.05, 4.69) is 21.2 Å². The number of hydrogen-bond acceptors (Lipinski definition) is 3. The van der Waals surface area contributed by atoms with E-state index < -0.39 is 0 Å². The highest BCUT2D eigenvalue weighted by molar-refractivity contribution is 9.10. The van der Waals surface area contributed by atoms with Crippen molar-refractivity contribution in [2.45, 2.75) is 19.9 Å². The SMILES string of the molecule is CC(C)NC(=O)CN(C)C(=O)c1ccc(Br)c(N)c1. The van der Waals surface area contributed by atoms with Crippen LogP contribution in [-0.4, -0.2) is 36.3 Å². The van der Waals surface area contributed by atoms with E-state index in [9.17, 15) is 9.59 Å². The number of nitrogens with one attached hydrogen (secondary N) is 1. The number of hydrogen-bond donors (Lipinski definition) is 2. The fraction of sp³-hybridized carbons (Fsp3) is 0.385. The van der Waals surface area contributed by atoms with E-state index in [0.717, 1.165) is 4.47 Å². The first kappa shape index (κ1) is 15.5. The molecular weight excluding hydrogens is 310 g/mol. The molecular formula is C13H18BrN3O2. The molecule has 0 aliphatic carbocycles. The van der Waals surface area contributed by atoms with Crippen molar-refractivity contribution in [3.05, 3.63) is 28.2 Å². The maximum absolute atomic E-state index is 12.1. The first-order valence-electron chi connectivity index (χ1n) is 5.91. The monoisotopic (exact) mass is 327 g/mol. The molecule has 0 heterocycles. The Morgan fingerprint density at radius 1 is 1.42 bits per heavy atom. The molecule has 19 heavy (non-hydrogen) atoms. The molecule has 0 aliphatic rings. The highest BCUT2D eigenvalue weighted by Gasteiger charge is 2.16. The number of benzene rings is 1. The quantitative estimate of drug-likeness (QED) is 0.825. The maximum atomic E-state index is 12.1. The van der Waals surface area contributed by atoms with Gasteiger partial charge in [-0.2, -0.15) is 0 Å². The molecule has 2 amide bonds. The molecule has 3 N–H and O–H groups in total. The Morgan fingerprint density at radius 2 is 2.05 bits per heavy atom. The van der Waals surface area contributed by atoms with Gasteiger partial charge in [0.25, 0.3) is 5.91 Å². The van der Waals surface area contributed by atoms with Gasteiger partial charge in [0, 0.05) is 28.8 Å². The van der Waals surface area contributed by atoms with Crippen molar-refractivity contribution >= 4 is 33.4 Å². The second-order valence-electron chi connectivity index (χ2n) is 4.62. The van der Waals surface area contributed by atoms with Gasteiger partial charge in [0.15, 0.2) is 0 Å². The molecule has 6 heteroatoms. The Kier molecular flexibility index (Phi) is 5.35. The topological polar surface area (TPSA) is 75.4 Å². The summed E-state index contributed by atoms with van der Waals surface area (Å²) in [5.41, 5.74) is 6.68. The van der Waals surface area contributed by atoms with Gasteiger partial charge in [-0.1, -0.05) is 0 Å². The Labute approximate surface area is 121 Å². The molecule has 0 bridgehead atoms. The molecule has 0 fully saturated rings. The second kappa shape index (κ2) is 6.56. The van der Waals surface area contributed by atoms with Crippen LogP contribution in [0.25, 0.3) is 0 Å². The van der Waals surface area contributed by atoms with Crippen molar-refractivity contribution in [3.8, 4) is 0 Å². The summed E-state index contributed by atoms with van der Waals surface area (Å²) >= 11 is 3.27. The van der Waals surface area contributed by atoms with Gasteiger partial charge in [0.1, 0.15) is 0 Å². The van der Waals surface area contributed by atoms with Crippen LogP contribution in [0.1, 0.15) is 24.2 Å². The van der Waals surface area contributed by atoms with Crippen molar-refractivity contribution in [2.24, 2.45) is 0 Å². The highest BCUT2D eigenvalue weighted by Crippen LogP contribution is 2.20. The molecule has 0 saturated carbocycles. The Balaban J connectivity index is 2.71. The van der Waals surface area contributed by atoms with Gasteiger partial charge in [0.2, 0.25) is 5.91 Å². The van der Waals surface area contributed by atoms with Crippen LogP contribution in [0.5, 0.6) is 0 Å². The predicted octanol–water partition coefficient (Wildman–Crippen LogP) is 1.63. The Morgan fingerprint density at radius 3 is 2.58 bits per heavy atom. The molecule has 1 aromatic carbocycles. The largest absolute Gasteiger partial charge is 0.398 e. The lowest BCUT2D eigenvalue weighted by Crippen LogP contribution is -2.40. The third kappa shape index (κ3) is 4.55. The normalized spacial score (nSPS) is 10.4. The van der Waals surface area contributed by atoms with Gasteiger partial charge < -0.3 is 16.0 Å². The summed E-state index contributed by atoms with van der Waals surface area (Å²) in [5, 5.41) is 2.74. The van der Waals surface area contributed by atoms with Crippen LogP contribution in [-0.2, 0) is 4.79 Å². The molecule has 0 radical (unpaired) electrons. The number of amides is 2. The number of carbonyl (C=O) groups is 2. The molecule has 0 unspecified atom stereocenters.